The molecule has 3 atom stereocenters. The fraction of sp³-hybridized carbons (Fsp3) is 0.533. The van der Waals surface area contributed by atoms with Gasteiger partial charge in [-0.15, -0.1) is 0 Å². The van der Waals surface area contributed by atoms with Crippen LogP contribution in [0.3, 0.4) is 0 Å². The topological polar surface area (TPSA) is 66.8 Å². The van der Waals surface area contributed by atoms with Gasteiger partial charge in [0, 0.05) is 6.61 Å². The lowest BCUT2D eigenvalue weighted by Crippen LogP contribution is -2.43. The maximum Gasteiger partial charge on any atom is 0.312 e. The Kier molecular flexibility index (Phi) is 3.65. The molecule has 0 amide bonds. The zero-order valence-electron chi connectivity index (χ0n) is 11.3. The van der Waals surface area contributed by atoms with Crippen molar-refractivity contribution >= 4 is 5.97 Å². The van der Waals surface area contributed by atoms with Crippen molar-refractivity contribution in [3.05, 3.63) is 35.9 Å². The molecule has 1 fully saturated rings. The Morgan fingerprint density at radius 2 is 2.11 bits per heavy atom. The fourth-order valence-electron chi connectivity index (χ4n) is 2.88. The molecule has 2 N–H and O–H groups in total. The lowest BCUT2D eigenvalue weighted by atomic mass is 9.71. The van der Waals surface area contributed by atoms with Gasteiger partial charge in [0.1, 0.15) is 0 Å². The van der Waals surface area contributed by atoms with E-state index in [2.05, 4.69) is 0 Å². The number of hydrogen-bond donors (Lipinski definition) is 2. The van der Waals surface area contributed by atoms with E-state index in [4.69, 9.17) is 4.74 Å². The van der Waals surface area contributed by atoms with Crippen LogP contribution in [0, 0.1) is 5.41 Å². The molecule has 2 rings (SSSR count). The Morgan fingerprint density at radius 3 is 2.58 bits per heavy atom. The van der Waals surface area contributed by atoms with E-state index in [0.29, 0.717) is 13.0 Å². The summed E-state index contributed by atoms with van der Waals surface area (Å²) in [5.41, 5.74) is -1.46. The van der Waals surface area contributed by atoms with Crippen molar-refractivity contribution in [2.75, 3.05) is 6.61 Å². The van der Waals surface area contributed by atoms with E-state index in [1.807, 2.05) is 30.3 Å². The maximum absolute atomic E-state index is 11.7. The first-order chi connectivity index (χ1) is 8.88. The van der Waals surface area contributed by atoms with Crippen molar-refractivity contribution < 1.29 is 19.7 Å². The van der Waals surface area contributed by atoms with Gasteiger partial charge in [0.05, 0.1) is 17.1 Å². The van der Waals surface area contributed by atoms with Crippen LogP contribution >= 0.6 is 0 Å². The second-order valence-corrected chi connectivity index (χ2v) is 5.54. The van der Waals surface area contributed by atoms with E-state index >= 15 is 0 Å². The molecule has 4 heteroatoms. The Bertz CT molecular complexity index is 454. The third-order valence-electron chi connectivity index (χ3n) is 4.18. The monoisotopic (exact) mass is 264 g/mol. The quantitative estimate of drug-likeness (QED) is 0.874. The summed E-state index contributed by atoms with van der Waals surface area (Å²) >= 11 is 0. The van der Waals surface area contributed by atoms with Gasteiger partial charge in [-0.2, -0.15) is 0 Å². The molecule has 4 nitrogen and oxygen atoms in total. The average molecular weight is 264 g/mol. The molecular formula is C15H20O4. The number of rotatable bonds is 4. The highest BCUT2D eigenvalue weighted by molar-refractivity contribution is 5.76. The number of hydrogen-bond acceptors (Lipinski definition) is 3. The Balaban J connectivity index is 2.30. The number of ether oxygens (including phenoxy) is 1. The van der Waals surface area contributed by atoms with Crippen LogP contribution in [0.4, 0.5) is 0 Å². The molecule has 1 saturated heterocycles. The first kappa shape index (κ1) is 14.0. The van der Waals surface area contributed by atoms with Crippen LogP contribution in [0.1, 0.15) is 32.3 Å². The molecule has 104 valence electrons. The van der Waals surface area contributed by atoms with Crippen molar-refractivity contribution in [3.63, 3.8) is 0 Å². The second-order valence-electron chi connectivity index (χ2n) is 5.54. The van der Waals surface area contributed by atoms with Crippen molar-refractivity contribution in [1.29, 1.82) is 0 Å². The van der Waals surface area contributed by atoms with E-state index in [9.17, 15) is 15.0 Å². The summed E-state index contributed by atoms with van der Waals surface area (Å²) < 4.78 is 5.42. The third kappa shape index (κ3) is 2.51. The predicted molar refractivity (Wildman–Crippen MR) is 70.7 cm³/mol. The molecule has 1 aliphatic heterocycles. The van der Waals surface area contributed by atoms with Gasteiger partial charge in [-0.1, -0.05) is 30.3 Å². The van der Waals surface area contributed by atoms with E-state index in [0.717, 1.165) is 5.56 Å². The zero-order chi connectivity index (χ0) is 14.1. The van der Waals surface area contributed by atoms with Gasteiger partial charge in [0.25, 0.3) is 0 Å². The highest BCUT2D eigenvalue weighted by Gasteiger charge is 2.52. The number of aliphatic carboxylic acids is 1. The SMILES string of the molecule is CC1OCCC1(CC(C)(O)c1ccccc1)C(=O)O. The van der Waals surface area contributed by atoms with Crippen molar-refractivity contribution in [2.45, 2.75) is 38.4 Å². The molecular weight excluding hydrogens is 244 g/mol. The molecule has 3 unspecified atom stereocenters. The molecule has 19 heavy (non-hydrogen) atoms. The van der Waals surface area contributed by atoms with E-state index in [1.54, 1.807) is 13.8 Å². The molecule has 0 aromatic heterocycles. The van der Waals surface area contributed by atoms with Crippen LogP contribution in [0.5, 0.6) is 0 Å². The predicted octanol–water partition coefficient (Wildman–Crippen LogP) is 2.16. The second kappa shape index (κ2) is 4.94. The molecule has 0 bridgehead atoms. The summed E-state index contributed by atoms with van der Waals surface area (Å²) in [4.78, 5) is 11.7. The van der Waals surface area contributed by atoms with Gasteiger partial charge in [0.15, 0.2) is 0 Å². The minimum absolute atomic E-state index is 0.153. The zero-order valence-corrected chi connectivity index (χ0v) is 11.3. The number of aliphatic hydroxyl groups is 1. The molecule has 1 aliphatic rings. The maximum atomic E-state index is 11.7. The highest BCUT2D eigenvalue weighted by Crippen LogP contribution is 2.44. The Hall–Kier alpha value is -1.39. The number of carboxylic acids is 1. The largest absolute Gasteiger partial charge is 0.481 e. The number of carboxylic acid groups (broad SMARTS) is 1. The molecule has 0 aliphatic carbocycles. The minimum Gasteiger partial charge on any atom is -0.481 e. The van der Waals surface area contributed by atoms with Gasteiger partial charge < -0.3 is 14.9 Å². The van der Waals surface area contributed by atoms with E-state index < -0.39 is 17.0 Å². The van der Waals surface area contributed by atoms with Gasteiger partial charge in [0.2, 0.25) is 0 Å². The van der Waals surface area contributed by atoms with Crippen LogP contribution in [0.15, 0.2) is 30.3 Å². The van der Waals surface area contributed by atoms with Crippen molar-refractivity contribution in [2.24, 2.45) is 5.41 Å². The summed E-state index contributed by atoms with van der Waals surface area (Å²) in [6.45, 7) is 3.86. The average Bonchev–Trinajstić information content (AvgIpc) is 2.72. The Morgan fingerprint density at radius 1 is 1.47 bits per heavy atom. The molecule has 1 aromatic carbocycles. The lowest BCUT2D eigenvalue weighted by Gasteiger charge is -2.35. The Labute approximate surface area is 113 Å². The van der Waals surface area contributed by atoms with Gasteiger partial charge >= 0.3 is 5.97 Å². The molecule has 0 radical (unpaired) electrons. The summed E-state index contributed by atoms with van der Waals surface area (Å²) in [6, 6.07) is 9.18. The smallest absolute Gasteiger partial charge is 0.312 e. The summed E-state index contributed by atoms with van der Waals surface area (Å²) in [5, 5.41) is 20.2. The van der Waals surface area contributed by atoms with Crippen LogP contribution < -0.4 is 0 Å². The van der Waals surface area contributed by atoms with Crippen LogP contribution in [0.2, 0.25) is 0 Å². The van der Waals surface area contributed by atoms with E-state index in [1.165, 1.54) is 0 Å². The van der Waals surface area contributed by atoms with E-state index in [-0.39, 0.29) is 12.5 Å². The fourth-order valence-corrected chi connectivity index (χ4v) is 2.88. The summed E-state index contributed by atoms with van der Waals surface area (Å²) in [5.74, 6) is -0.895. The third-order valence-corrected chi connectivity index (χ3v) is 4.18. The van der Waals surface area contributed by atoms with Gasteiger partial charge in [-0.3, -0.25) is 4.79 Å². The molecule has 1 heterocycles. The van der Waals surface area contributed by atoms with Crippen LogP contribution in [-0.4, -0.2) is 28.9 Å². The number of carbonyl (C=O) groups is 1. The van der Waals surface area contributed by atoms with Crippen molar-refractivity contribution in [1.82, 2.24) is 0 Å². The minimum atomic E-state index is -1.18. The van der Waals surface area contributed by atoms with Crippen molar-refractivity contribution in [3.8, 4) is 0 Å². The summed E-state index contributed by atoms with van der Waals surface area (Å²) in [6.07, 6.45) is 0.202. The molecule has 1 aromatic rings. The summed E-state index contributed by atoms with van der Waals surface area (Å²) in [7, 11) is 0. The van der Waals surface area contributed by atoms with Crippen LogP contribution in [0.25, 0.3) is 0 Å². The molecule has 0 spiro atoms. The van der Waals surface area contributed by atoms with Crippen LogP contribution in [-0.2, 0) is 15.1 Å². The first-order valence-electron chi connectivity index (χ1n) is 6.51. The first-order valence-corrected chi connectivity index (χ1v) is 6.51. The lowest BCUT2D eigenvalue weighted by molar-refractivity contribution is -0.157. The molecule has 0 saturated carbocycles. The van der Waals surface area contributed by atoms with Gasteiger partial charge in [-0.25, -0.2) is 0 Å². The standard InChI is InChI=1S/C15H20O4/c1-11-15(13(16)17,8-9-19-11)10-14(2,18)12-6-4-3-5-7-12/h3-7,11,18H,8-10H2,1-2H3,(H,16,17). The highest BCUT2D eigenvalue weighted by atomic mass is 16.5. The number of benzene rings is 1. The van der Waals surface area contributed by atoms with Gasteiger partial charge in [-0.05, 0) is 32.3 Å². The normalized spacial score (nSPS) is 29.9.